The number of aromatic nitrogens is 2. The molecule has 0 aliphatic carbocycles. The van der Waals surface area contributed by atoms with Gasteiger partial charge in [-0.15, -0.1) is 6.58 Å². The van der Waals surface area contributed by atoms with E-state index in [-0.39, 0.29) is 17.9 Å². The van der Waals surface area contributed by atoms with E-state index in [2.05, 4.69) is 21.9 Å². The molecule has 1 aromatic carbocycles. The molecule has 1 aromatic heterocycles. The smallest absolute Gasteiger partial charge is 0.306 e. The lowest BCUT2D eigenvalue weighted by atomic mass is 10.2. The fourth-order valence-electron chi connectivity index (χ4n) is 2.28. The predicted molar refractivity (Wildman–Crippen MR) is 94.1 cm³/mol. The molecule has 0 spiro atoms. The van der Waals surface area contributed by atoms with Crippen LogP contribution in [0.5, 0.6) is 0 Å². The van der Waals surface area contributed by atoms with Gasteiger partial charge in [-0.2, -0.15) is 0 Å². The van der Waals surface area contributed by atoms with Crippen molar-refractivity contribution in [3.63, 3.8) is 0 Å². The van der Waals surface area contributed by atoms with Gasteiger partial charge < -0.3 is 15.0 Å². The number of para-hydroxylation sites is 1. The first-order valence-corrected chi connectivity index (χ1v) is 8.07. The van der Waals surface area contributed by atoms with Crippen LogP contribution in [-0.2, 0) is 20.7 Å². The number of nitrogens with one attached hydrogen (secondary N) is 2. The summed E-state index contributed by atoms with van der Waals surface area (Å²) in [5.74, 6) is -0.313. The van der Waals surface area contributed by atoms with Crippen LogP contribution in [0.1, 0.15) is 25.6 Å². The second-order valence-electron chi connectivity index (χ2n) is 5.55. The summed E-state index contributed by atoms with van der Waals surface area (Å²) in [5.41, 5.74) is 0.423. The fourth-order valence-corrected chi connectivity index (χ4v) is 2.28. The number of aromatic amines is 1. The van der Waals surface area contributed by atoms with E-state index < -0.39 is 12.1 Å². The third-order valence-electron chi connectivity index (χ3n) is 3.55. The van der Waals surface area contributed by atoms with Gasteiger partial charge in [-0.05, 0) is 25.5 Å². The van der Waals surface area contributed by atoms with Crippen molar-refractivity contribution in [1.82, 2.24) is 15.3 Å². The van der Waals surface area contributed by atoms with E-state index >= 15 is 0 Å². The summed E-state index contributed by atoms with van der Waals surface area (Å²) in [6.45, 7) is 5.33. The maximum atomic E-state index is 12.0. The number of esters is 1. The van der Waals surface area contributed by atoms with Crippen LogP contribution in [-0.4, -0.2) is 34.5 Å². The van der Waals surface area contributed by atoms with Gasteiger partial charge in [0.25, 0.3) is 11.5 Å². The molecule has 2 rings (SSSR count). The van der Waals surface area contributed by atoms with Crippen LogP contribution < -0.4 is 10.9 Å². The van der Waals surface area contributed by atoms with E-state index in [0.29, 0.717) is 36.1 Å². The average molecular weight is 343 g/mol. The number of amides is 1. The van der Waals surface area contributed by atoms with Crippen LogP contribution in [0.15, 0.2) is 41.7 Å². The highest BCUT2D eigenvalue weighted by atomic mass is 16.5. The molecule has 0 saturated heterocycles. The topological polar surface area (TPSA) is 101 Å². The average Bonchev–Trinajstić information content (AvgIpc) is 2.59. The molecule has 25 heavy (non-hydrogen) atoms. The molecule has 0 bridgehead atoms. The molecule has 1 amide bonds. The van der Waals surface area contributed by atoms with Crippen molar-refractivity contribution in [1.29, 1.82) is 0 Å². The molecule has 2 aromatic rings. The van der Waals surface area contributed by atoms with Crippen LogP contribution in [0.25, 0.3) is 10.9 Å². The Labute approximate surface area is 145 Å². The van der Waals surface area contributed by atoms with Crippen molar-refractivity contribution in [3.8, 4) is 0 Å². The van der Waals surface area contributed by atoms with Gasteiger partial charge in [-0.25, -0.2) is 4.98 Å². The van der Waals surface area contributed by atoms with Gasteiger partial charge in [0.2, 0.25) is 0 Å². The highest BCUT2D eigenvalue weighted by Crippen LogP contribution is 2.08. The van der Waals surface area contributed by atoms with E-state index in [4.69, 9.17) is 4.74 Å². The van der Waals surface area contributed by atoms with Crippen molar-refractivity contribution in [2.45, 2.75) is 32.3 Å². The highest BCUT2D eigenvalue weighted by Gasteiger charge is 2.16. The SMILES string of the molecule is C=CCNC(=O)[C@@H](C)OC(=O)CCCc1nc2ccccc2c(=O)[nH]1. The number of H-pyrrole nitrogens is 1. The van der Waals surface area contributed by atoms with Crippen molar-refractivity contribution >= 4 is 22.8 Å². The molecule has 7 nitrogen and oxygen atoms in total. The summed E-state index contributed by atoms with van der Waals surface area (Å²) in [7, 11) is 0. The number of hydrogen-bond donors (Lipinski definition) is 2. The van der Waals surface area contributed by atoms with Gasteiger partial charge in [-0.3, -0.25) is 14.4 Å². The van der Waals surface area contributed by atoms with E-state index in [0.717, 1.165) is 0 Å². The quantitative estimate of drug-likeness (QED) is 0.558. The van der Waals surface area contributed by atoms with Crippen LogP contribution in [0, 0.1) is 0 Å². The summed E-state index contributed by atoms with van der Waals surface area (Å²) < 4.78 is 5.06. The number of fused-ring (bicyclic) bond motifs is 1. The Kier molecular flexibility index (Phi) is 6.45. The molecule has 0 radical (unpaired) electrons. The lowest BCUT2D eigenvalue weighted by Gasteiger charge is -2.12. The Bertz CT molecular complexity index is 828. The lowest BCUT2D eigenvalue weighted by molar-refractivity contribution is -0.154. The molecule has 7 heteroatoms. The molecule has 0 unspecified atom stereocenters. The largest absolute Gasteiger partial charge is 0.453 e. The maximum absolute atomic E-state index is 12.0. The summed E-state index contributed by atoms with van der Waals surface area (Å²) >= 11 is 0. The third kappa shape index (κ3) is 5.27. The summed E-state index contributed by atoms with van der Waals surface area (Å²) in [4.78, 5) is 42.4. The minimum atomic E-state index is -0.856. The van der Waals surface area contributed by atoms with Gasteiger partial charge in [0.15, 0.2) is 6.10 Å². The van der Waals surface area contributed by atoms with Gasteiger partial charge >= 0.3 is 5.97 Å². The number of aryl methyl sites for hydroxylation is 1. The van der Waals surface area contributed by atoms with Gasteiger partial charge in [0.05, 0.1) is 10.9 Å². The molecule has 0 fully saturated rings. The minimum absolute atomic E-state index is 0.135. The standard InChI is InChI=1S/C18H21N3O4/c1-3-11-19-17(23)12(2)25-16(22)10-6-9-15-20-14-8-5-4-7-13(14)18(24)21-15/h3-5,7-8,12H,1,6,9-11H2,2H3,(H,19,23)(H,20,21,24)/t12-/m1/s1. The monoisotopic (exact) mass is 343 g/mol. The number of benzene rings is 1. The third-order valence-corrected chi connectivity index (χ3v) is 3.55. The van der Waals surface area contributed by atoms with E-state index in [1.807, 2.05) is 6.07 Å². The van der Waals surface area contributed by atoms with Crippen LogP contribution in [0.2, 0.25) is 0 Å². The number of hydrogen-bond acceptors (Lipinski definition) is 5. The molecule has 1 heterocycles. The molecule has 1 atom stereocenters. The molecule has 132 valence electrons. The number of carbonyl (C=O) groups is 2. The zero-order chi connectivity index (χ0) is 18.2. The highest BCUT2D eigenvalue weighted by molar-refractivity contribution is 5.83. The second kappa shape index (κ2) is 8.77. The van der Waals surface area contributed by atoms with Crippen LogP contribution in [0.4, 0.5) is 0 Å². The first-order chi connectivity index (χ1) is 12.0. The van der Waals surface area contributed by atoms with Gasteiger partial charge in [0.1, 0.15) is 5.82 Å². The Morgan fingerprint density at radius 2 is 2.16 bits per heavy atom. The number of nitrogens with zero attached hydrogens (tertiary/aromatic N) is 1. The van der Waals surface area contributed by atoms with Crippen LogP contribution in [0.3, 0.4) is 0 Å². The number of rotatable bonds is 8. The van der Waals surface area contributed by atoms with Crippen LogP contribution >= 0.6 is 0 Å². The first-order valence-electron chi connectivity index (χ1n) is 8.07. The summed E-state index contributed by atoms with van der Waals surface area (Å²) in [6.07, 6.45) is 1.72. The lowest BCUT2D eigenvalue weighted by Crippen LogP contribution is -2.35. The number of ether oxygens (including phenoxy) is 1. The molecule has 2 N–H and O–H groups in total. The second-order valence-corrected chi connectivity index (χ2v) is 5.55. The van der Waals surface area contributed by atoms with E-state index in [1.54, 1.807) is 24.3 Å². The van der Waals surface area contributed by atoms with Gasteiger partial charge in [-0.1, -0.05) is 18.2 Å². The van der Waals surface area contributed by atoms with Crippen molar-refractivity contribution < 1.29 is 14.3 Å². The Morgan fingerprint density at radius 1 is 1.40 bits per heavy atom. The molecular weight excluding hydrogens is 322 g/mol. The summed E-state index contributed by atoms with van der Waals surface area (Å²) in [6, 6.07) is 7.07. The van der Waals surface area contributed by atoms with Crippen molar-refractivity contribution in [2.75, 3.05) is 6.54 Å². The van der Waals surface area contributed by atoms with Gasteiger partial charge in [0, 0.05) is 19.4 Å². The number of carbonyl (C=O) groups excluding carboxylic acids is 2. The first kappa shape index (κ1) is 18.4. The molecule has 0 saturated carbocycles. The fraction of sp³-hybridized carbons (Fsp3) is 0.333. The normalized spacial score (nSPS) is 11.7. The minimum Gasteiger partial charge on any atom is -0.453 e. The zero-order valence-electron chi connectivity index (χ0n) is 14.1. The Balaban J connectivity index is 1.84. The molecule has 0 aliphatic heterocycles. The Morgan fingerprint density at radius 3 is 2.92 bits per heavy atom. The zero-order valence-corrected chi connectivity index (χ0v) is 14.1. The predicted octanol–water partition coefficient (Wildman–Crippen LogP) is 1.48. The van der Waals surface area contributed by atoms with E-state index in [1.165, 1.54) is 6.92 Å². The molecule has 0 aliphatic rings. The van der Waals surface area contributed by atoms with Crippen molar-refractivity contribution in [3.05, 3.63) is 53.1 Å². The van der Waals surface area contributed by atoms with Crippen molar-refractivity contribution in [2.24, 2.45) is 0 Å². The summed E-state index contributed by atoms with van der Waals surface area (Å²) in [5, 5.41) is 3.09. The van der Waals surface area contributed by atoms with E-state index in [9.17, 15) is 14.4 Å². The maximum Gasteiger partial charge on any atom is 0.306 e. The Hall–Kier alpha value is -2.96. The molecular formula is C18H21N3O4.